The lowest BCUT2D eigenvalue weighted by atomic mass is 10.2. The van der Waals surface area contributed by atoms with Gasteiger partial charge in [0.15, 0.2) is 0 Å². The quantitative estimate of drug-likeness (QED) is 0.760. The fourth-order valence-corrected chi connectivity index (χ4v) is 3.46. The molecule has 0 aliphatic carbocycles. The van der Waals surface area contributed by atoms with Gasteiger partial charge in [0.2, 0.25) is 5.91 Å². The number of alkyl halides is 3. The minimum absolute atomic E-state index is 0.112. The van der Waals surface area contributed by atoms with Gasteiger partial charge in [-0.25, -0.2) is 4.98 Å². The second-order valence-corrected chi connectivity index (χ2v) is 7.84. The van der Waals surface area contributed by atoms with Crippen LogP contribution >= 0.6 is 0 Å². The molecule has 1 saturated heterocycles. The third-order valence-electron chi connectivity index (χ3n) is 5.18. The van der Waals surface area contributed by atoms with Crippen LogP contribution in [0.5, 0.6) is 0 Å². The largest absolute Gasteiger partial charge is 0.417 e. The molecule has 0 saturated carbocycles. The van der Waals surface area contributed by atoms with Crippen molar-refractivity contribution >= 4 is 23.3 Å². The molecule has 0 radical (unpaired) electrons. The SMILES string of the molecule is CN(C)C(=O)c1ccc(NC(=O)CN2CCCN(c3ccc(C(F)(F)F)cn3)CC2)cc1. The van der Waals surface area contributed by atoms with Gasteiger partial charge >= 0.3 is 6.18 Å². The average Bonchev–Trinajstić information content (AvgIpc) is 2.98. The number of nitrogens with one attached hydrogen (secondary N) is 1. The third kappa shape index (κ3) is 6.19. The number of carbonyl (C=O) groups excluding carboxylic acids is 2. The maximum Gasteiger partial charge on any atom is 0.417 e. The summed E-state index contributed by atoms with van der Waals surface area (Å²) in [5.41, 5.74) is 0.377. The van der Waals surface area contributed by atoms with E-state index < -0.39 is 11.7 Å². The van der Waals surface area contributed by atoms with Crippen LogP contribution in [0.4, 0.5) is 24.7 Å². The van der Waals surface area contributed by atoms with Crippen molar-refractivity contribution in [1.29, 1.82) is 0 Å². The first-order valence-corrected chi connectivity index (χ1v) is 10.3. The van der Waals surface area contributed by atoms with Gasteiger partial charge in [-0.05, 0) is 42.8 Å². The van der Waals surface area contributed by atoms with E-state index in [2.05, 4.69) is 10.3 Å². The summed E-state index contributed by atoms with van der Waals surface area (Å²) in [6.45, 7) is 2.70. The van der Waals surface area contributed by atoms with E-state index in [1.165, 1.54) is 11.0 Å². The smallest absolute Gasteiger partial charge is 0.355 e. The zero-order valence-corrected chi connectivity index (χ0v) is 18.0. The van der Waals surface area contributed by atoms with Gasteiger partial charge in [0.25, 0.3) is 5.91 Å². The molecule has 1 N–H and O–H groups in total. The molecule has 32 heavy (non-hydrogen) atoms. The molecule has 0 spiro atoms. The van der Waals surface area contributed by atoms with Gasteiger partial charge in [-0.1, -0.05) is 0 Å². The summed E-state index contributed by atoms with van der Waals surface area (Å²) in [5, 5.41) is 2.83. The van der Waals surface area contributed by atoms with Crippen LogP contribution in [-0.2, 0) is 11.0 Å². The van der Waals surface area contributed by atoms with Crippen LogP contribution in [0.2, 0.25) is 0 Å². The second kappa shape index (κ2) is 9.99. The van der Waals surface area contributed by atoms with E-state index in [4.69, 9.17) is 0 Å². The van der Waals surface area contributed by atoms with Crippen LogP contribution in [0.25, 0.3) is 0 Å². The number of rotatable bonds is 5. The molecule has 2 amide bonds. The number of nitrogens with zero attached hydrogens (tertiary/aromatic N) is 4. The van der Waals surface area contributed by atoms with Gasteiger partial charge in [-0.2, -0.15) is 13.2 Å². The summed E-state index contributed by atoms with van der Waals surface area (Å²) in [6, 6.07) is 9.13. The van der Waals surface area contributed by atoms with Gasteiger partial charge in [0.1, 0.15) is 5.82 Å². The summed E-state index contributed by atoms with van der Waals surface area (Å²) in [5.74, 6) is 0.217. The minimum Gasteiger partial charge on any atom is -0.355 e. The zero-order chi connectivity index (χ0) is 23.3. The molecule has 1 aliphatic rings. The Morgan fingerprint density at radius 2 is 1.75 bits per heavy atom. The van der Waals surface area contributed by atoms with Gasteiger partial charge in [-0.3, -0.25) is 14.5 Å². The Balaban J connectivity index is 1.51. The molecule has 1 aromatic heterocycles. The zero-order valence-electron chi connectivity index (χ0n) is 18.0. The number of benzene rings is 1. The lowest BCUT2D eigenvalue weighted by Gasteiger charge is -2.22. The summed E-state index contributed by atoms with van der Waals surface area (Å²) in [7, 11) is 3.35. The Kier molecular flexibility index (Phi) is 7.34. The average molecular weight is 449 g/mol. The molecular formula is C22H26F3N5O2. The molecule has 1 aliphatic heterocycles. The van der Waals surface area contributed by atoms with Crippen molar-refractivity contribution in [3.05, 3.63) is 53.7 Å². The molecule has 0 atom stereocenters. The summed E-state index contributed by atoms with van der Waals surface area (Å²) < 4.78 is 38.2. The van der Waals surface area contributed by atoms with E-state index in [1.54, 1.807) is 38.4 Å². The lowest BCUT2D eigenvalue weighted by molar-refractivity contribution is -0.137. The Morgan fingerprint density at radius 1 is 1.03 bits per heavy atom. The van der Waals surface area contributed by atoms with E-state index in [1.807, 2.05) is 9.80 Å². The van der Waals surface area contributed by atoms with Crippen LogP contribution in [0.1, 0.15) is 22.3 Å². The summed E-state index contributed by atoms with van der Waals surface area (Å²) in [4.78, 5) is 33.8. The Hall–Kier alpha value is -3.14. The maximum atomic E-state index is 12.7. The van der Waals surface area contributed by atoms with Crippen LogP contribution in [0, 0.1) is 0 Å². The third-order valence-corrected chi connectivity index (χ3v) is 5.18. The first-order valence-electron chi connectivity index (χ1n) is 10.3. The highest BCUT2D eigenvalue weighted by atomic mass is 19.4. The predicted octanol–water partition coefficient (Wildman–Crippen LogP) is 2.95. The fraction of sp³-hybridized carbons (Fsp3) is 0.409. The topological polar surface area (TPSA) is 68.8 Å². The highest BCUT2D eigenvalue weighted by Gasteiger charge is 2.31. The van der Waals surface area contributed by atoms with Crippen molar-refractivity contribution in [2.45, 2.75) is 12.6 Å². The van der Waals surface area contributed by atoms with E-state index in [0.29, 0.717) is 43.2 Å². The van der Waals surface area contributed by atoms with E-state index >= 15 is 0 Å². The number of halogens is 3. The number of carbonyl (C=O) groups is 2. The van der Waals surface area contributed by atoms with Crippen molar-refractivity contribution in [2.24, 2.45) is 0 Å². The molecule has 1 fully saturated rings. The van der Waals surface area contributed by atoms with Crippen LogP contribution in [0.15, 0.2) is 42.6 Å². The Bertz CT molecular complexity index is 930. The summed E-state index contributed by atoms with van der Waals surface area (Å²) >= 11 is 0. The standard InChI is InChI=1S/C22H26F3N5O2/c1-28(2)21(32)16-4-7-18(8-5-16)27-20(31)15-29-10-3-11-30(13-12-29)19-9-6-17(14-26-19)22(23,24)25/h4-9,14H,3,10-13,15H2,1-2H3,(H,27,31). The molecule has 10 heteroatoms. The van der Waals surface area contributed by atoms with E-state index in [-0.39, 0.29) is 18.4 Å². The number of anilines is 2. The molecule has 3 rings (SSSR count). The molecule has 7 nitrogen and oxygen atoms in total. The van der Waals surface area contributed by atoms with Crippen molar-refractivity contribution in [3.63, 3.8) is 0 Å². The minimum atomic E-state index is -4.41. The molecule has 0 bridgehead atoms. The Morgan fingerprint density at radius 3 is 2.34 bits per heavy atom. The van der Waals surface area contributed by atoms with Crippen LogP contribution in [0.3, 0.4) is 0 Å². The van der Waals surface area contributed by atoms with Crippen molar-refractivity contribution < 1.29 is 22.8 Å². The number of aromatic nitrogens is 1. The van der Waals surface area contributed by atoms with Gasteiger partial charge in [0.05, 0.1) is 12.1 Å². The normalized spacial score (nSPS) is 15.2. The number of hydrogen-bond donors (Lipinski definition) is 1. The van der Waals surface area contributed by atoms with Crippen molar-refractivity contribution in [3.8, 4) is 0 Å². The van der Waals surface area contributed by atoms with Crippen molar-refractivity contribution in [1.82, 2.24) is 14.8 Å². The van der Waals surface area contributed by atoms with E-state index in [0.717, 1.165) is 18.7 Å². The summed E-state index contributed by atoms with van der Waals surface area (Å²) in [6.07, 6.45) is -2.79. The number of pyridine rings is 1. The second-order valence-electron chi connectivity index (χ2n) is 7.84. The lowest BCUT2D eigenvalue weighted by Crippen LogP contribution is -2.36. The molecule has 2 aromatic rings. The van der Waals surface area contributed by atoms with Crippen LogP contribution < -0.4 is 10.2 Å². The molecule has 0 unspecified atom stereocenters. The molecule has 172 valence electrons. The number of hydrogen-bond acceptors (Lipinski definition) is 5. The molecular weight excluding hydrogens is 423 g/mol. The predicted molar refractivity (Wildman–Crippen MR) is 116 cm³/mol. The fourth-order valence-electron chi connectivity index (χ4n) is 3.46. The first kappa shape index (κ1) is 23.5. The molecule has 2 heterocycles. The highest BCUT2D eigenvalue weighted by molar-refractivity contribution is 5.96. The van der Waals surface area contributed by atoms with E-state index in [9.17, 15) is 22.8 Å². The maximum absolute atomic E-state index is 12.7. The number of amides is 2. The highest BCUT2D eigenvalue weighted by Crippen LogP contribution is 2.29. The monoisotopic (exact) mass is 449 g/mol. The van der Waals surface area contributed by atoms with Crippen molar-refractivity contribution in [2.75, 3.05) is 57.0 Å². The first-order chi connectivity index (χ1) is 15.1. The Labute approximate surface area is 184 Å². The van der Waals surface area contributed by atoms with Gasteiger partial charge in [-0.15, -0.1) is 0 Å². The van der Waals surface area contributed by atoms with Gasteiger partial charge < -0.3 is 15.1 Å². The van der Waals surface area contributed by atoms with Crippen LogP contribution in [-0.4, -0.2) is 73.4 Å². The van der Waals surface area contributed by atoms with Gasteiger partial charge in [0, 0.05) is 57.7 Å². The molecule has 1 aromatic carbocycles.